The molecule has 0 unspecified atom stereocenters. The summed E-state index contributed by atoms with van der Waals surface area (Å²) in [4.78, 5) is 4.15. The molecule has 98 valence electrons. The van der Waals surface area contributed by atoms with Gasteiger partial charge in [0.2, 0.25) is 5.88 Å². The largest absolute Gasteiger partial charge is 0.481 e. The van der Waals surface area contributed by atoms with Crippen LogP contribution in [0.5, 0.6) is 5.88 Å². The van der Waals surface area contributed by atoms with E-state index in [1.807, 2.05) is 12.1 Å². The zero-order valence-corrected chi connectivity index (χ0v) is 11.4. The molecular formula is C13H19N3OS. The lowest BCUT2D eigenvalue weighted by atomic mass is 10.2. The first-order valence-electron chi connectivity index (χ1n) is 6.31. The first-order chi connectivity index (χ1) is 8.78. The SMILES string of the molecule is COc1ccc(CNC(=S)NC2CCCC2)cn1. The number of methoxy groups -OCH3 is 1. The zero-order valence-electron chi connectivity index (χ0n) is 10.6. The third-order valence-electron chi connectivity index (χ3n) is 3.15. The highest BCUT2D eigenvalue weighted by Gasteiger charge is 2.15. The third-order valence-corrected chi connectivity index (χ3v) is 3.41. The van der Waals surface area contributed by atoms with Gasteiger partial charge in [-0.1, -0.05) is 18.9 Å². The fraction of sp³-hybridized carbons (Fsp3) is 0.538. The topological polar surface area (TPSA) is 46.2 Å². The number of hydrogen-bond donors (Lipinski definition) is 2. The molecule has 0 spiro atoms. The van der Waals surface area contributed by atoms with Crippen LogP contribution in [0, 0.1) is 0 Å². The first kappa shape index (κ1) is 13.1. The molecule has 0 atom stereocenters. The van der Waals surface area contributed by atoms with Gasteiger partial charge in [-0.2, -0.15) is 0 Å². The molecule has 1 heterocycles. The monoisotopic (exact) mass is 265 g/mol. The quantitative estimate of drug-likeness (QED) is 0.815. The van der Waals surface area contributed by atoms with E-state index in [9.17, 15) is 0 Å². The Bertz CT molecular complexity index is 388. The van der Waals surface area contributed by atoms with Gasteiger partial charge in [-0.3, -0.25) is 0 Å². The second-order valence-corrected chi connectivity index (χ2v) is 4.93. The minimum atomic E-state index is 0.555. The summed E-state index contributed by atoms with van der Waals surface area (Å²) in [5.74, 6) is 0.630. The molecule has 18 heavy (non-hydrogen) atoms. The highest BCUT2D eigenvalue weighted by atomic mass is 32.1. The zero-order chi connectivity index (χ0) is 12.8. The van der Waals surface area contributed by atoms with Gasteiger partial charge in [0.25, 0.3) is 0 Å². The van der Waals surface area contributed by atoms with Gasteiger partial charge in [-0.05, 0) is 30.6 Å². The molecule has 0 saturated heterocycles. The van der Waals surface area contributed by atoms with Crippen molar-refractivity contribution in [3.8, 4) is 5.88 Å². The fourth-order valence-corrected chi connectivity index (χ4v) is 2.36. The average Bonchev–Trinajstić information content (AvgIpc) is 2.90. The summed E-state index contributed by atoms with van der Waals surface area (Å²) < 4.78 is 5.01. The Morgan fingerprint density at radius 3 is 2.83 bits per heavy atom. The van der Waals surface area contributed by atoms with E-state index in [0.29, 0.717) is 18.5 Å². The lowest BCUT2D eigenvalue weighted by molar-refractivity contribution is 0.397. The van der Waals surface area contributed by atoms with Gasteiger partial charge in [0.15, 0.2) is 5.11 Å². The molecule has 0 aliphatic heterocycles. The molecule has 1 aliphatic carbocycles. The maximum absolute atomic E-state index is 5.27. The molecule has 0 radical (unpaired) electrons. The van der Waals surface area contributed by atoms with Gasteiger partial charge in [0, 0.05) is 24.8 Å². The van der Waals surface area contributed by atoms with Crippen LogP contribution in [0.4, 0.5) is 0 Å². The lowest BCUT2D eigenvalue weighted by Crippen LogP contribution is -2.40. The first-order valence-corrected chi connectivity index (χ1v) is 6.72. The minimum Gasteiger partial charge on any atom is -0.481 e. The van der Waals surface area contributed by atoms with Gasteiger partial charge < -0.3 is 15.4 Å². The number of pyridine rings is 1. The fourth-order valence-electron chi connectivity index (χ4n) is 2.13. The smallest absolute Gasteiger partial charge is 0.212 e. The lowest BCUT2D eigenvalue weighted by Gasteiger charge is -2.15. The predicted molar refractivity (Wildman–Crippen MR) is 75.6 cm³/mol. The summed E-state index contributed by atoms with van der Waals surface area (Å²) in [5, 5.41) is 7.28. The van der Waals surface area contributed by atoms with E-state index in [2.05, 4.69) is 15.6 Å². The molecule has 1 aliphatic rings. The van der Waals surface area contributed by atoms with Crippen molar-refractivity contribution in [1.82, 2.24) is 15.6 Å². The molecule has 4 nitrogen and oxygen atoms in total. The van der Waals surface area contributed by atoms with Crippen molar-refractivity contribution >= 4 is 17.3 Å². The molecule has 5 heteroatoms. The normalized spacial score (nSPS) is 15.4. The van der Waals surface area contributed by atoms with Crippen LogP contribution < -0.4 is 15.4 Å². The molecule has 0 aromatic carbocycles. The Balaban J connectivity index is 1.74. The minimum absolute atomic E-state index is 0.555. The van der Waals surface area contributed by atoms with Gasteiger partial charge >= 0.3 is 0 Å². The number of rotatable bonds is 4. The molecular weight excluding hydrogens is 246 g/mol. The van der Waals surface area contributed by atoms with Crippen LogP contribution in [0.1, 0.15) is 31.2 Å². The van der Waals surface area contributed by atoms with Crippen LogP contribution in [0.15, 0.2) is 18.3 Å². The Labute approximate surface area is 113 Å². The summed E-state index contributed by atoms with van der Waals surface area (Å²) >= 11 is 5.27. The van der Waals surface area contributed by atoms with Gasteiger partial charge in [0.05, 0.1) is 7.11 Å². The average molecular weight is 265 g/mol. The van der Waals surface area contributed by atoms with Crippen LogP contribution in [0.3, 0.4) is 0 Å². The maximum Gasteiger partial charge on any atom is 0.212 e. The van der Waals surface area contributed by atoms with Crippen LogP contribution >= 0.6 is 12.2 Å². The van der Waals surface area contributed by atoms with Crippen LogP contribution in [-0.4, -0.2) is 23.2 Å². The Morgan fingerprint density at radius 2 is 2.22 bits per heavy atom. The molecule has 1 aromatic rings. The van der Waals surface area contributed by atoms with E-state index >= 15 is 0 Å². The summed E-state index contributed by atoms with van der Waals surface area (Å²) in [6.07, 6.45) is 6.87. The van der Waals surface area contributed by atoms with Gasteiger partial charge in [-0.25, -0.2) is 4.98 Å². The number of thiocarbonyl (C=S) groups is 1. The van der Waals surface area contributed by atoms with Crippen LogP contribution in [-0.2, 0) is 6.54 Å². The molecule has 1 saturated carbocycles. The Morgan fingerprint density at radius 1 is 1.44 bits per heavy atom. The van der Waals surface area contributed by atoms with Crippen LogP contribution in [0.2, 0.25) is 0 Å². The highest BCUT2D eigenvalue weighted by Crippen LogP contribution is 2.17. The number of nitrogens with zero attached hydrogens (tertiary/aromatic N) is 1. The predicted octanol–water partition coefficient (Wildman–Crippen LogP) is 2.00. The van der Waals surface area contributed by atoms with E-state index in [1.54, 1.807) is 13.3 Å². The van der Waals surface area contributed by atoms with Crippen molar-refractivity contribution in [2.75, 3.05) is 7.11 Å². The van der Waals surface area contributed by atoms with Crippen molar-refractivity contribution in [2.45, 2.75) is 38.3 Å². The second-order valence-electron chi connectivity index (χ2n) is 4.52. The maximum atomic E-state index is 5.27. The molecule has 0 bridgehead atoms. The number of nitrogens with one attached hydrogen (secondary N) is 2. The van der Waals surface area contributed by atoms with E-state index in [-0.39, 0.29) is 0 Å². The molecule has 2 rings (SSSR count). The standard InChI is InChI=1S/C13H19N3OS/c1-17-12-7-6-10(8-14-12)9-15-13(18)16-11-4-2-3-5-11/h6-8,11H,2-5,9H2,1H3,(H2,15,16,18). The third kappa shape index (κ3) is 3.84. The Kier molecular flexibility index (Phi) is 4.75. The van der Waals surface area contributed by atoms with Crippen LogP contribution in [0.25, 0.3) is 0 Å². The van der Waals surface area contributed by atoms with E-state index in [0.717, 1.165) is 10.7 Å². The van der Waals surface area contributed by atoms with E-state index < -0.39 is 0 Å². The van der Waals surface area contributed by atoms with E-state index in [1.165, 1.54) is 25.7 Å². The summed E-state index contributed by atoms with van der Waals surface area (Å²) in [7, 11) is 1.61. The number of hydrogen-bond acceptors (Lipinski definition) is 3. The van der Waals surface area contributed by atoms with Gasteiger partial charge in [0.1, 0.15) is 0 Å². The van der Waals surface area contributed by atoms with Crippen molar-refractivity contribution in [3.05, 3.63) is 23.9 Å². The van der Waals surface area contributed by atoms with Crippen molar-refractivity contribution < 1.29 is 4.74 Å². The number of aromatic nitrogens is 1. The Hall–Kier alpha value is -1.36. The van der Waals surface area contributed by atoms with Crippen molar-refractivity contribution in [1.29, 1.82) is 0 Å². The molecule has 1 fully saturated rings. The highest BCUT2D eigenvalue weighted by molar-refractivity contribution is 7.80. The van der Waals surface area contributed by atoms with Crippen molar-refractivity contribution in [3.63, 3.8) is 0 Å². The summed E-state index contributed by atoms with van der Waals surface area (Å²) in [6.45, 7) is 0.690. The summed E-state index contributed by atoms with van der Waals surface area (Å²) in [6, 6.07) is 4.39. The molecule has 1 aromatic heterocycles. The number of ether oxygens (including phenoxy) is 1. The molecule has 0 amide bonds. The molecule has 2 N–H and O–H groups in total. The van der Waals surface area contributed by atoms with E-state index in [4.69, 9.17) is 17.0 Å². The second kappa shape index (κ2) is 6.54. The summed E-state index contributed by atoms with van der Waals surface area (Å²) in [5.41, 5.74) is 1.09. The van der Waals surface area contributed by atoms with Crippen molar-refractivity contribution in [2.24, 2.45) is 0 Å². The van der Waals surface area contributed by atoms with Gasteiger partial charge in [-0.15, -0.1) is 0 Å².